The van der Waals surface area contributed by atoms with Crippen molar-refractivity contribution in [2.45, 2.75) is 44.2 Å². The molecule has 0 bridgehead atoms. The van der Waals surface area contributed by atoms with Gasteiger partial charge in [-0.25, -0.2) is 0 Å². The highest BCUT2D eigenvalue weighted by molar-refractivity contribution is 7.86. The predicted octanol–water partition coefficient (Wildman–Crippen LogP) is 6.00. The van der Waals surface area contributed by atoms with Crippen LogP contribution >= 0.6 is 0 Å². The summed E-state index contributed by atoms with van der Waals surface area (Å²) in [5, 5.41) is 0. The molecule has 2 aromatic rings. The van der Waals surface area contributed by atoms with Gasteiger partial charge in [-0.15, -0.1) is 0 Å². The summed E-state index contributed by atoms with van der Waals surface area (Å²) in [7, 11) is -5.15. The highest BCUT2D eigenvalue weighted by Gasteiger charge is 2.38. The van der Waals surface area contributed by atoms with Gasteiger partial charge in [0.2, 0.25) is 0 Å². The third-order valence-corrected chi connectivity index (χ3v) is 9.51. The summed E-state index contributed by atoms with van der Waals surface area (Å²) in [5.74, 6) is -0.586. The molecule has 2 aromatic carbocycles. The van der Waals surface area contributed by atoms with Gasteiger partial charge in [0, 0.05) is 27.2 Å². The number of fused-ring (bicyclic) bond motifs is 2. The molecule has 2 heterocycles. The minimum Gasteiger partial charge on any atom is -0.349 e. The lowest BCUT2D eigenvalue weighted by Gasteiger charge is -2.28. The summed E-state index contributed by atoms with van der Waals surface area (Å²) in [4.78, 5) is 6.63. The summed E-state index contributed by atoms with van der Waals surface area (Å²) in [6.45, 7) is 0.258. The van der Waals surface area contributed by atoms with E-state index in [1.807, 2.05) is 0 Å². The Balaban J connectivity index is 1.65. The van der Waals surface area contributed by atoms with Crippen LogP contribution in [0.1, 0.15) is 36.8 Å². The van der Waals surface area contributed by atoms with Crippen molar-refractivity contribution in [3.8, 4) is 0 Å². The zero-order valence-electron chi connectivity index (χ0n) is 25.3. The van der Waals surface area contributed by atoms with Crippen molar-refractivity contribution in [2.75, 3.05) is 58.3 Å². The highest BCUT2D eigenvalue weighted by atomic mass is 32.2. The molecule has 0 aromatic heterocycles. The quantitative estimate of drug-likeness (QED) is 0.154. The van der Waals surface area contributed by atoms with Crippen molar-refractivity contribution >= 4 is 43.0 Å². The van der Waals surface area contributed by atoms with Gasteiger partial charge < -0.3 is 19.6 Å². The maximum atomic E-state index is 13.6. The van der Waals surface area contributed by atoms with E-state index in [1.165, 1.54) is 12.1 Å². The molecule has 2 N–H and O–H groups in total. The first-order valence-electron chi connectivity index (χ1n) is 14.4. The van der Waals surface area contributed by atoms with E-state index in [0.717, 1.165) is 24.3 Å². The molecule has 2 aliphatic rings. The van der Waals surface area contributed by atoms with Crippen molar-refractivity contribution in [3.05, 3.63) is 71.6 Å². The van der Waals surface area contributed by atoms with E-state index in [4.69, 9.17) is 9.11 Å². The number of nitrogens with zero attached hydrogens (tertiary/aromatic N) is 4. The number of alkyl halides is 6. The van der Waals surface area contributed by atoms with Crippen LogP contribution in [0, 0.1) is 0 Å². The van der Waals surface area contributed by atoms with Crippen LogP contribution in [-0.2, 0) is 32.6 Å². The summed E-state index contributed by atoms with van der Waals surface area (Å²) in [5.41, 5.74) is -0.301. The number of anilines is 4. The van der Waals surface area contributed by atoms with Gasteiger partial charge >= 0.3 is 12.4 Å². The predicted molar refractivity (Wildman–Crippen MR) is 167 cm³/mol. The second kappa shape index (κ2) is 13.6. The van der Waals surface area contributed by atoms with Crippen LogP contribution < -0.4 is 19.6 Å². The Morgan fingerprint density at radius 2 is 1.23 bits per heavy atom. The van der Waals surface area contributed by atoms with Crippen LogP contribution in [0.2, 0.25) is 0 Å². The monoisotopic (exact) mass is 712 g/mol. The van der Waals surface area contributed by atoms with E-state index in [-0.39, 0.29) is 50.1 Å². The smallest absolute Gasteiger partial charge is 0.349 e. The molecule has 260 valence electrons. The Bertz CT molecular complexity index is 1750. The van der Waals surface area contributed by atoms with Gasteiger partial charge in [-0.05, 0) is 74.2 Å². The molecule has 1 atom stereocenters. The first kappa shape index (κ1) is 36.4. The number of hydrogen-bond acceptors (Lipinski definition) is 8. The Kier molecular flexibility index (Phi) is 10.5. The van der Waals surface area contributed by atoms with Crippen molar-refractivity contribution in [2.24, 2.45) is 0 Å². The molecule has 2 aliphatic heterocycles. The number of likely N-dealkylation sites (N-methyl/N-ethyl adjacent to an activating group) is 1. The summed E-state index contributed by atoms with van der Waals surface area (Å²) in [6.07, 6.45) is -4.41. The molecule has 10 nitrogen and oxygen atoms in total. The van der Waals surface area contributed by atoms with Gasteiger partial charge in [-0.1, -0.05) is 6.08 Å². The molecule has 0 aliphatic carbocycles. The average molecular weight is 713 g/mol. The number of allylic oxidation sites excluding steroid dienone is 2. The lowest BCUT2D eigenvalue weighted by Crippen LogP contribution is -2.40. The molecule has 0 saturated heterocycles. The average Bonchev–Trinajstić information content (AvgIpc) is 3.36. The fourth-order valence-corrected chi connectivity index (χ4v) is 6.77. The highest BCUT2D eigenvalue weighted by Crippen LogP contribution is 2.45. The minimum atomic E-state index is -4.62. The number of halogens is 6. The lowest BCUT2D eigenvalue weighted by molar-refractivity contribution is -0.138. The van der Waals surface area contributed by atoms with Gasteiger partial charge in [0.05, 0.1) is 45.4 Å². The first-order chi connectivity index (χ1) is 21.7. The largest absolute Gasteiger partial charge is 0.416 e. The van der Waals surface area contributed by atoms with E-state index in [9.17, 15) is 43.2 Å². The molecule has 0 radical (unpaired) electrons. The number of unbranched alkanes of at least 4 members (excludes halogenated alkanes) is 2. The van der Waals surface area contributed by atoms with Gasteiger partial charge in [0.25, 0.3) is 20.2 Å². The van der Waals surface area contributed by atoms with Crippen LogP contribution in [0.25, 0.3) is 0 Å². The summed E-state index contributed by atoms with van der Waals surface area (Å²) >= 11 is 0. The Morgan fingerprint density at radius 1 is 0.723 bits per heavy atom. The third kappa shape index (κ3) is 8.91. The van der Waals surface area contributed by atoms with E-state index < -0.39 is 61.4 Å². The topological polar surface area (TPSA) is 122 Å². The first-order valence-corrected chi connectivity index (χ1v) is 17.6. The zero-order chi connectivity index (χ0) is 34.9. The fourth-order valence-electron chi connectivity index (χ4n) is 5.63. The molecule has 0 amide bonds. The van der Waals surface area contributed by atoms with E-state index >= 15 is 0 Å². The molecule has 0 fully saturated rings. The number of hydrogen-bond donors (Lipinski definition) is 2. The minimum absolute atomic E-state index is 0.0496. The maximum absolute atomic E-state index is 13.6. The van der Waals surface area contributed by atoms with Crippen LogP contribution in [0.15, 0.2) is 60.4 Å². The second-order valence-corrected chi connectivity index (χ2v) is 14.4. The molecular formula is C29H34F6N4O6S2. The SMILES string of the molecule is CN1/C(=C/C=C\C2N(C)c3ccc(C(F)(F)F)cc3N2CCCCS(=O)(=O)O)N(CCCCS(=O)(=O)O)c2cc(C(F)(F)F)ccc21. The van der Waals surface area contributed by atoms with Gasteiger partial charge in [-0.3, -0.25) is 9.11 Å². The summed E-state index contributed by atoms with van der Waals surface area (Å²) < 4.78 is 144. The van der Waals surface area contributed by atoms with E-state index in [2.05, 4.69) is 0 Å². The Morgan fingerprint density at radius 3 is 1.77 bits per heavy atom. The van der Waals surface area contributed by atoms with Crippen molar-refractivity contribution in [1.29, 1.82) is 0 Å². The molecule has 4 rings (SSSR count). The molecule has 47 heavy (non-hydrogen) atoms. The summed E-state index contributed by atoms with van der Waals surface area (Å²) in [6, 6.07) is 6.57. The number of benzene rings is 2. The molecule has 0 saturated carbocycles. The van der Waals surface area contributed by atoms with Crippen molar-refractivity contribution < 1.29 is 52.3 Å². The lowest BCUT2D eigenvalue weighted by atomic mass is 10.1. The van der Waals surface area contributed by atoms with Gasteiger partial charge in [0.15, 0.2) is 0 Å². The van der Waals surface area contributed by atoms with Crippen LogP contribution in [0.3, 0.4) is 0 Å². The van der Waals surface area contributed by atoms with Crippen LogP contribution in [0.5, 0.6) is 0 Å². The van der Waals surface area contributed by atoms with Crippen LogP contribution in [-0.4, -0.2) is 70.8 Å². The Labute approximate surface area is 269 Å². The third-order valence-electron chi connectivity index (χ3n) is 7.90. The standard InChI is InChI=1S/C29H34F6N4O6S2/c1-36-22-12-10-20(28(30,31)32)18-24(22)38(14-3-5-16-46(40,41)42)26(36)8-7-9-27-37(2)23-13-11-21(29(33,34)35)19-25(23)39(27)15-4-6-17-47(43,44)45/h7-13,18-19,26H,3-6,14-17H2,1-2H3,(H,40,41,42)(H,43,44,45)/b8-7-,27-9-. The van der Waals surface area contributed by atoms with Crippen molar-refractivity contribution in [3.63, 3.8) is 0 Å². The van der Waals surface area contributed by atoms with Gasteiger partial charge in [-0.2, -0.15) is 43.2 Å². The maximum Gasteiger partial charge on any atom is 0.416 e. The van der Waals surface area contributed by atoms with Gasteiger partial charge in [0.1, 0.15) is 12.0 Å². The molecule has 0 spiro atoms. The normalized spacial score (nSPS) is 18.2. The van der Waals surface area contributed by atoms with E-state index in [1.54, 1.807) is 51.9 Å². The Hall–Kier alpha value is -3.48. The molecule has 18 heteroatoms. The molecule has 1 unspecified atom stereocenters. The van der Waals surface area contributed by atoms with Crippen molar-refractivity contribution in [1.82, 2.24) is 0 Å². The zero-order valence-corrected chi connectivity index (χ0v) is 27.0. The van der Waals surface area contributed by atoms with Crippen LogP contribution in [0.4, 0.5) is 49.1 Å². The van der Waals surface area contributed by atoms with E-state index in [0.29, 0.717) is 17.2 Å². The fraction of sp³-hybridized carbons (Fsp3) is 0.448. The molecular weight excluding hydrogens is 678 g/mol. The second-order valence-electron chi connectivity index (χ2n) is 11.2. The number of rotatable bonds is 12.